The summed E-state index contributed by atoms with van der Waals surface area (Å²) in [6.07, 6.45) is 0.470. The van der Waals surface area contributed by atoms with Crippen molar-refractivity contribution < 1.29 is 44.1 Å². The number of carboxylic acids is 3. The Kier molecular flexibility index (Phi) is 26.4. The molecule has 20 nitrogen and oxygen atoms in total. The summed E-state index contributed by atoms with van der Waals surface area (Å²) in [5, 5.41) is 48.9. The Labute approximate surface area is 373 Å². The maximum Gasteiger partial charge on any atom is 0.335 e. The number of carbonyl (C=O) groups is 6. The molecular formula is C42H64ClN11O9. The van der Waals surface area contributed by atoms with Crippen LogP contribution in [0.5, 0.6) is 0 Å². The molecule has 1 aliphatic heterocycles. The highest BCUT2D eigenvalue weighted by atomic mass is 35.5. The van der Waals surface area contributed by atoms with Crippen molar-refractivity contribution >= 4 is 70.7 Å². The maximum absolute atomic E-state index is 13.5. The van der Waals surface area contributed by atoms with Gasteiger partial charge in [0.05, 0.1) is 30.9 Å². The van der Waals surface area contributed by atoms with Gasteiger partial charge in [-0.3, -0.25) is 44.2 Å². The number of halogens is 1. The van der Waals surface area contributed by atoms with E-state index < -0.39 is 29.7 Å². The molecule has 0 aliphatic carbocycles. The van der Waals surface area contributed by atoms with Crippen LogP contribution in [0.15, 0.2) is 52.6 Å². The summed E-state index contributed by atoms with van der Waals surface area (Å²) in [7, 11) is 0. The van der Waals surface area contributed by atoms with Gasteiger partial charge in [-0.25, -0.2) is 4.79 Å². The van der Waals surface area contributed by atoms with Crippen LogP contribution in [0.2, 0.25) is 0 Å². The van der Waals surface area contributed by atoms with Crippen LogP contribution in [0.1, 0.15) is 68.6 Å². The minimum absolute atomic E-state index is 0.0452. The monoisotopic (exact) mass is 901 g/mol. The van der Waals surface area contributed by atoms with Gasteiger partial charge in [0.1, 0.15) is 11.0 Å². The topological polar surface area (TPSA) is 295 Å². The number of aliphatic carboxylic acids is 2. The van der Waals surface area contributed by atoms with Gasteiger partial charge in [-0.1, -0.05) is 56.6 Å². The zero-order valence-corrected chi connectivity index (χ0v) is 37.7. The molecule has 1 aliphatic rings. The molecule has 348 valence electrons. The fourth-order valence-corrected chi connectivity index (χ4v) is 6.05. The molecule has 1 saturated heterocycles. The van der Waals surface area contributed by atoms with Gasteiger partial charge in [0.15, 0.2) is 12.1 Å². The molecule has 21 heteroatoms. The van der Waals surface area contributed by atoms with Crippen molar-refractivity contribution in [2.75, 3.05) is 83.9 Å². The predicted octanol–water partition coefficient (Wildman–Crippen LogP) is 1.70. The fraction of sp³-hybridized carbons (Fsp3) is 0.476. The number of aromatic carboxylic acids is 1. The van der Waals surface area contributed by atoms with Gasteiger partial charge in [0.2, 0.25) is 11.8 Å². The van der Waals surface area contributed by atoms with Crippen molar-refractivity contribution in [3.05, 3.63) is 69.9 Å². The van der Waals surface area contributed by atoms with Crippen LogP contribution in [-0.4, -0.2) is 162 Å². The zero-order valence-electron chi connectivity index (χ0n) is 36.9. The standard InChI is InChI=1S/C38H54ClN11O7.C2H4O2.C2H6/c1-4-48-11-9-42-10-12-49(15-16-50(14-13-48)23-34(54)55)22-33(53)46-30-18-28(17-29(19-30)38(56)57)35(36(39)47-31(24-51)45-25(2)3)44-21-32(52)43-20-26-5-7-27(8-6-26)37(40)41;1-2(3)4;1-2/h5-8,17-19,24-25,42,44H,4,9-16,20-23H2,1-3H3,(H3,40,41)(H,43,52)(H,45,47)(H,46,53)(H,54,55)(H,56,57);1H3,(H,3,4);1-2H3/b36-35-;;. The third-order valence-electron chi connectivity index (χ3n) is 8.75. The lowest BCUT2D eigenvalue weighted by atomic mass is 10.1. The molecule has 2 aromatic carbocycles. The number of nitrogens with two attached hydrogens (primary N) is 1. The van der Waals surface area contributed by atoms with E-state index in [1.807, 2.05) is 23.6 Å². The average molecular weight is 902 g/mol. The third kappa shape index (κ3) is 23.2. The van der Waals surface area contributed by atoms with E-state index >= 15 is 0 Å². The van der Waals surface area contributed by atoms with Crippen LogP contribution in [0.3, 0.4) is 0 Å². The molecule has 0 atom stereocenters. The van der Waals surface area contributed by atoms with E-state index in [1.54, 1.807) is 38.1 Å². The number of anilines is 1. The molecule has 0 spiro atoms. The summed E-state index contributed by atoms with van der Waals surface area (Å²) in [6, 6.07) is 10.6. The largest absolute Gasteiger partial charge is 0.481 e. The first-order valence-electron chi connectivity index (χ1n) is 20.5. The van der Waals surface area contributed by atoms with E-state index in [-0.39, 0.29) is 71.6 Å². The quantitative estimate of drug-likeness (QED) is 0.0468. The van der Waals surface area contributed by atoms with Crippen LogP contribution in [0.4, 0.5) is 5.69 Å². The van der Waals surface area contributed by atoms with Crippen molar-refractivity contribution in [3.8, 4) is 0 Å². The van der Waals surface area contributed by atoms with Crippen molar-refractivity contribution in [3.63, 3.8) is 0 Å². The van der Waals surface area contributed by atoms with Gasteiger partial charge in [-0.05, 0) is 44.2 Å². The van der Waals surface area contributed by atoms with Gasteiger partial charge in [-0.15, -0.1) is 0 Å². The summed E-state index contributed by atoms with van der Waals surface area (Å²) >= 11 is 6.71. The summed E-state index contributed by atoms with van der Waals surface area (Å²) in [5.41, 5.74) is 6.96. The van der Waals surface area contributed by atoms with Crippen LogP contribution >= 0.6 is 11.6 Å². The van der Waals surface area contributed by atoms with Gasteiger partial charge >= 0.3 is 11.9 Å². The first kappa shape index (κ1) is 55.1. The summed E-state index contributed by atoms with van der Waals surface area (Å²) in [6.45, 7) is 15.9. The van der Waals surface area contributed by atoms with Crippen molar-refractivity contribution in [2.45, 2.75) is 54.1 Å². The number of aldehydes is 1. The molecule has 2 aromatic rings. The highest BCUT2D eigenvalue weighted by molar-refractivity contribution is 6.37. The molecule has 1 heterocycles. The number of amidine groups is 2. The number of benzene rings is 2. The highest BCUT2D eigenvalue weighted by Crippen LogP contribution is 2.24. The van der Waals surface area contributed by atoms with E-state index in [4.69, 9.17) is 32.6 Å². The lowest BCUT2D eigenvalue weighted by Crippen LogP contribution is -2.47. The number of nitrogen functional groups attached to an aromatic ring is 1. The van der Waals surface area contributed by atoms with Crippen LogP contribution in [0, 0.1) is 5.41 Å². The number of nitrogens with one attached hydrogen (secondary N) is 6. The number of aliphatic imine (C=N–C) groups is 1. The Morgan fingerprint density at radius 3 is 1.94 bits per heavy atom. The molecule has 1 fully saturated rings. The molecule has 11 N–H and O–H groups in total. The maximum atomic E-state index is 13.5. The number of carbonyl (C=O) groups excluding carboxylic acids is 3. The Bertz CT molecular complexity index is 1890. The second-order valence-corrected chi connectivity index (χ2v) is 14.5. The molecular weight excluding hydrogens is 838 g/mol. The third-order valence-corrected chi connectivity index (χ3v) is 9.03. The second-order valence-electron chi connectivity index (χ2n) is 14.1. The molecule has 0 radical (unpaired) electrons. The molecule has 0 aromatic heterocycles. The molecule has 0 saturated carbocycles. The smallest absolute Gasteiger partial charge is 0.335 e. The molecule has 63 heavy (non-hydrogen) atoms. The Morgan fingerprint density at radius 2 is 1.41 bits per heavy atom. The van der Waals surface area contributed by atoms with Gasteiger partial charge in [0.25, 0.3) is 5.97 Å². The Morgan fingerprint density at radius 1 is 0.857 bits per heavy atom. The molecule has 2 amide bonds. The number of carboxylic acid groups (broad SMARTS) is 3. The van der Waals surface area contributed by atoms with Crippen LogP contribution in [0.25, 0.3) is 5.70 Å². The van der Waals surface area contributed by atoms with E-state index in [0.717, 1.165) is 32.1 Å². The number of amides is 2. The number of hydrogen-bond acceptors (Lipinski definition) is 13. The van der Waals surface area contributed by atoms with Crippen molar-refractivity contribution in [1.29, 1.82) is 5.41 Å². The van der Waals surface area contributed by atoms with E-state index in [1.165, 1.54) is 18.2 Å². The summed E-state index contributed by atoms with van der Waals surface area (Å²) < 4.78 is 0. The van der Waals surface area contributed by atoms with E-state index in [2.05, 4.69) is 43.4 Å². The van der Waals surface area contributed by atoms with Crippen LogP contribution in [-0.2, 0) is 30.5 Å². The summed E-state index contributed by atoms with van der Waals surface area (Å²) in [5.74, 6) is -4.15. The minimum Gasteiger partial charge on any atom is -0.481 e. The van der Waals surface area contributed by atoms with Gasteiger partial charge in [-0.2, -0.15) is 0 Å². The fourth-order valence-electron chi connectivity index (χ4n) is 5.78. The normalized spacial score (nSPS) is 14.7. The van der Waals surface area contributed by atoms with Crippen molar-refractivity contribution in [1.82, 2.24) is 36.0 Å². The average Bonchev–Trinajstić information content (AvgIpc) is 3.22. The molecule has 3 rings (SSSR count). The first-order chi connectivity index (χ1) is 29.9. The van der Waals surface area contributed by atoms with Crippen molar-refractivity contribution in [2.24, 2.45) is 10.7 Å². The number of rotatable bonds is 17. The molecule has 0 unspecified atom stereocenters. The Hall–Kier alpha value is -5.93. The minimum atomic E-state index is -1.30. The highest BCUT2D eigenvalue weighted by Gasteiger charge is 2.20. The number of nitrogens with zero attached hydrogens (tertiary/aromatic N) is 4. The first-order valence-corrected chi connectivity index (χ1v) is 20.9. The Balaban J connectivity index is 0.00000312. The lowest BCUT2D eigenvalue weighted by Gasteiger charge is -2.30. The molecule has 0 bridgehead atoms. The SMILES string of the molecule is CC.CC(=O)O.CCN1CCNCCN(CC(=O)Nc2cc(C(=O)O)cc(/C(NCC(=O)NCc3ccc(C(=N)N)cc3)=C(\Cl)NC(C=O)=NC(C)C)c2)CCN(CC(=O)O)CC1. The van der Waals surface area contributed by atoms with Crippen LogP contribution < -0.4 is 32.3 Å². The summed E-state index contributed by atoms with van der Waals surface area (Å²) in [4.78, 5) is 81.4. The van der Waals surface area contributed by atoms with Gasteiger partial charge in [0, 0.05) is 88.7 Å². The van der Waals surface area contributed by atoms with E-state index in [0.29, 0.717) is 51.1 Å². The lowest BCUT2D eigenvalue weighted by molar-refractivity contribution is -0.138. The number of likely N-dealkylation sites (N-methyl/N-ethyl adjacent to an activating group) is 1. The van der Waals surface area contributed by atoms with Gasteiger partial charge < -0.3 is 52.5 Å². The zero-order chi connectivity index (χ0) is 47.5. The second kappa shape index (κ2) is 30.2. The number of hydrogen-bond donors (Lipinski definition) is 10. The predicted molar refractivity (Wildman–Crippen MR) is 244 cm³/mol. The van der Waals surface area contributed by atoms with E-state index in [9.17, 15) is 34.2 Å².